The summed E-state index contributed by atoms with van der Waals surface area (Å²) in [6, 6.07) is 5.50. The van der Waals surface area contributed by atoms with Crippen molar-refractivity contribution in [3.8, 4) is 0 Å². The first-order chi connectivity index (χ1) is 10.0. The van der Waals surface area contributed by atoms with Crippen LogP contribution in [0.4, 0.5) is 4.39 Å². The zero-order chi connectivity index (χ0) is 15.0. The van der Waals surface area contributed by atoms with E-state index in [0.29, 0.717) is 12.6 Å². The minimum Gasteiger partial charge on any atom is -0.310 e. The van der Waals surface area contributed by atoms with E-state index in [1.54, 1.807) is 12.1 Å². The molecule has 21 heavy (non-hydrogen) atoms. The van der Waals surface area contributed by atoms with E-state index < -0.39 is 0 Å². The lowest BCUT2D eigenvalue weighted by atomic mass is 10.2. The van der Waals surface area contributed by atoms with Gasteiger partial charge in [-0.1, -0.05) is 17.7 Å². The van der Waals surface area contributed by atoms with Gasteiger partial charge in [0, 0.05) is 23.8 Å². The Balaban J connectivity index is 1.78. The average molecular weight is 308 g/mol. The summed E-state index contributed by atoms with van der Waals surface area (Å²) in [5.41, 5.74) is 4.42. The van der Waals surface area contributed by atoms with E-state index in [9.17, 15) is 4.39 Å². The van der Waals surface area contributed by atoms with E-state index in [-0.39, 0.29) is 10.8 Å². The van der Waals surface area contributed by atoms with Crippen LogP contribution in [0.2, 0.25) is 5.02 Å². The normalized spacial score (nSPS) is 14.7. The Bertz CT molecular complexity index is 662. The standard InChI is InChI=1S/C16H19ClFN3/c1-10-14(8-19-13-4-5-13)11(2)21(20-10)9-12-3-6-16(18)15(17)7-12/h3,6-7,13,19H,4-5,8-9H2,1-2H3. The van der Waals surface area contributed by atoms with Gasteiger partial charge in [0.15, 0.2) is 0 Å². The molecule has 3 rings (SSSR count). The molecular formula is C16H19ClFN3. The van der Waals surface area contributed by atoms with Crippen molar-refractivity contribution in [2.75, 3.05) is 0 Å². The van der Waals surface area contributed by atoms with Gasteiger partial charge in [-0.25, -0.2) is 4.39 Å². The Kier molecular flexibility index (Phi) is 4.00. The summed E-state index contributed by atoms with van der Waals surface area (Å²) in [5.74, 6) is -0.386. The Morgan fingerprint density at radius 2 is 2.14 bits per heavy atom. The highest BCUT2D eigenvalue weighted by molar-refractivity contribution is 6.30. The molecule has 1 aromatic carbocycles. The molecule has 3 nitrogen and oxygen atoms in total. The molecule has 0 unspecified atom stereocenters. The molecule has 1 fully saturated rings. The molecule has 0 bridgehead atoms. The number of hydrogen-bond donors (Lipinski definition) is 1. The number of nitrogens with one attached hydrogen (secondary N) is 1. The largest absolute Gasteiger partial charge is 0.310 e. The molecule has 1 N–H and O–H groups in total. The number of aromatic nitrogens is 2. The molecule has 1 aliphatic rings. The molecule has 112 valence electrons. The second-order valence-electron chi connectivity index (χ2n) is 5.71. The fourth-order valence-electron chi connectivity index (χ4n) is 2.49. The molecule has 0 aliphatic heterocycles. The highest BCUT2D eigenvalue weighted by Crippen LogP contribution is 2.22. The van der Waals surface area contributed by atoms with Crippen LogP contribution < -0.4 is 5.32 Å². The van der Waals surface area contributed by atoms with Crippen molar-refractivity contribution in [2.45, 2.75) is 45.8 Å². The molecule has 0 radical (unpaired) electrons. The van der Waals surface area contributed by atoms with Gasteiger partial charge < -0.3 is 5.32 Å². The maximum Gasteiger partial charge on any atom is 0.141 e. The number of halogens is 2. The minimum absolute atomic E-state index is 0.157. The smallest absolute Gasteiger partial charge is 0.141 e. The molecular weight excluding hydrogens is 289 g/mol. The van der Waals surface area contributed by atoms with Crippen LogP contribution in [0.25, 0.3) is 0 Å². The van der Waals surface area contributed by atoms with Crippen molar-refractivity contribution in [1.82, 2.24) is 15.1 Å². The number of aryl methyl sites for hydroxylation is 1. The number of hydrogen-bond acceptors (Lipinski definition) is 2. The van der Waals surface area contributed by atoms with Crippen LogP contribution >= 0.6 is 11.6 Å². The Labute approximate surface area is 129 Å². The van der Waals surface area contributed by atoms with E-state index in [1.165, 1.54) is 24.5 Å². The van der Waals surface area contributed by atoms with E-state index in [0.717, 1.165) is 23.5 Å². The third kappa shape index (κ3) is 3.27. The van der Waals surface area contributed by atoms with Crippen molar-refractivity contribution < 1.29 is 4.39 Å². The molecule has 2 aromatic rings. The second kappa shape index (κ2) is 5.78. The van der Waals surface area contributed by atoms with Gasteiger partial charge in [-0.3, -0.25) is 4.68 Å². The third-order valence-electron chi connectivity index (χ3n) is 3.99. The monoisotopic (exact) mass is 307 g/mol. The van der Waals surface area contributed by atoms with Crippen molar-refractivity contribution in [2.24, 2.45) is 0 Å². The topological polar surface area (TPSA) is 29.9 Å². The quantitative estimate of drug-likeness (QED) is 0.915. The summed E-state index contributed by atoms with van der Waals surface area (Å²) in [7, 11) is 0. The van der Waals surface area contributed by atoms with Crippen molar-refractivity contribution in [3.63, 3.8) is 0 Å². The van der Waals surface area contributed by atoms with Crippen LogP contribution in [0.5, 0.6) is 0 Å². The molecule has 0 atom stereocenters. The van der Waals surface area contributed by atoms with E-state index in [1.807, 2.05) is 11.6 Å². The molecule has 1 aliphatic carbocycles. The lowest BCUT2D eigenvalue weighted by molar-refractivity contribution is 0.622. The van der Waals surface area contributed by atoms with Gasteiger partial charge in [-0.15, -0.1) is 0 Å². The summed E-state index contributed by atoms with van der Waals surface area (Å²) < 4.78 is 15.2. The number of nitrogens with zero attached hydrogens (tertiary/aromatic N) is 2. The Morgan fingerprint density at radius 3 is 2.81 bits per heavy atom. The highest BCUT2D eigenvalue weighted by atomic mass is 35.5. The predicted molar refractivity (Wildman–Crippen MR) is 82.1 cm³/mol. The summed E-state index contributed by atoms with van der Waals surface area (Å²) in [5, 5.41) is 8.28. The van der Waals surface area contributed by atoms with Crippen LogP contribution in [0, 0.1) is 19.7 Å². The first-order valence-corrected chi connectivity index (χ1v) is 7.62. The first-order valence-electron chi connectivity index (χ1n) is 7.25. The van der Waals surface area contributed by atoms with Gasteiger partial charge in [0.25, 0.3) is 0 Å². The van der Waals surface area contributed by atoms with Crippen LogP contribution in [0.3, 0.4) is 0 Å². The molecule has 5 heteroatoms. The zero-order valence-electron chi connectivity index (χ0n) is 12.3. The summed E-state index contributed by atoms with van der Waals surface area (Å²) in [6.07, 6.45) is 2.56. The lowest BCUT2D eigenvalue weighted by Crippen LogP contribution is -2.16. The van der Waals surface area contributed by atoms with Crippen LogP contribution in [0.1, 0.15) is 35.4 Å². The van der Waals surface area contributed by atoms with E-state index in [2.05, 4.69) is 17.3 Å². The fraction of sp³-hybridized carbons (Fsp3) is 0.438. The second-order valence-corrected chi connectivity index (χ2v) is 6.12. The molecule has 1 aromatic heterocycles. The van der Waals surface area contributed by atoms with Crippen molar-refractivity contribution in [1.29, 1.82) is 0 Å². The summed E-state index contributed by atoms with van der Waals surface area (Å²) >= 11 is 5.83. The van der Waals surface area contributed by atoms with E-state index >= 15 is 0 Å². The Hall–Kier alpha value is -1.39. The van der Waals surface area contributed by atoms with Gasteiger partial charge in [-0.05, 0) is 44.4 Å². The molecule has 0 spiro atoms. The Morgan fingerprint density at radius 1 is 1.38 bits per heavy atom. The van der Waals surface area contributed by atoms with E-state index in [4.69, 9.17) is 11.6 Å². The first kappa shape index (κ1) is 14.5. The van der Waals surface area contributed by atoms with Gasteiger partial charge in [0.1, 0.15) is 5.82 Å². The maximum absolute atomic E-state index is 13.2. The van der Waals surface area contributed by atoms with Gasteiger partial charge in [0.05, 0.1) is 17.3 Å². The lowest BCUT2D eigenvalue weighted by Gasteiger charge is -2.07. The fourth-order valence-corrected chi connectivity index (χ4v) is 2.69. The van der Waals surface area contributed by atoms with Crippen molar-refractivity contribution in [3.05, 3.63) is 51.6 Å². The van der Waals surface area contributed by atoms with Gasteiger partial charge in [-0.2, -0.15) is 5.10 Å². The van der Waals surface area contributed by atoms with Crippen LogP contribution in [-0.4, -0.2) is 15.8 Å². The highest BCUT2D eigenvalue weighted by Gasteiger charge is 2.21. The number of benzene rings is 1. The minimum atomic E-state index is -0.386. The maximum atomic E-state index is 13.2. The molecule has 0 amide bonds. The summed E-state index contributed by atoms with van der Waals surface area (Å²) in [4.78, 5) is 0. The third-order valence-corrected chi connectivity index (χ3v) is 4.28. The SMILES string of the molecule is Cc1nn(Cc2ccc(F)c(Cl)c2)c(C)c1CNC1CC1. The number of rotatable bonds is 5. The van der Waals surface area contributed by atoms with Gasteiger partial charge >= 0.3 is 0 Å². The average Bonchev–Trinajstić information content (AvgIpc) is 3.22. The van der Waals surface area contributed by atoms with Crippen molar-refractivity contribution >= 4 is 11.6 Å². The predicted octanol–water partition coefficient (Wildman–Crippen LogP) is 3.59. The van der Waals surface area contributed by atoms with Crippen LogP contribution in [0.15, 0.2) is 18.2 Å². The molecule has 1 saturated carbocycles. The molecule has 0 saturated heterocycles. The zero-order valence-corrected chi connectivity index (χ0v) is 13.0. The molecule has 1 heterocycles. The van der Waals surface area contributed by atoms with Crippen LogP contribution in [-0.2, 0) is 13.1 Å². The van der Waals surface area contributed by atoms with Gasteiger partial charge in [0.2, 0.25) is 0 Å². The summed E-state index contributed by atoms with van der Waals surface area (Å²) in [6.45, 7) is 5.59.